The van der Waals surface area contributed by atoms with Crippen LogP contribution in [0.5, 0.6) is 5.75 Å². The second-order valence-corrected chi connectivity index (χ2v) is 4.29. The first-order valence-electron chi connectivity index (χ1n) is 5.80. The van der Waals surface area contributed by atoms with Gasteiger partial charge in [-0.2, -0.15) is 0 Å². The number of nitrogens with two attached hydrogens (primary N) is 1. The van der Waals surface area contributed by atoms with Gasteiger partial charge in [0.2, 0.25) is 0 Å². The van der Waals surface area contributed by atoms with Crippen molar-refractivity contribution in [2.45, 2.75) is 25.7 Å². The Kier molecular flexibility index (Phi) is 3.62. The molecule has 1 aliphatic carbocycles. The summed E-state index contributed by atoms with van der Waals surface area (Å²) in [5.74, 6) is 1.82. The average Bonchev–Trinajstić information content (AvgIpc) is 3.09. The van der Waals surface area contributed by atoms with Crippen LogP contribution in [0, 0.1) is 5.92 Å². The highest BCUT2D eigenvalue weighted by molar-refractivity contribution is 5.27. The van der Waals surface area contributed by atoms with E-state index in [1.54, 1.807) is 0 Å². The fraction of sp³-hybridized carbons (Fsp3) is 0.538. The molecule has 82 valence electrons. The van der Waals surface area contributed by atoms with Crippen LogP contribution in [0.25, 0.3) is 0 Å². The predicted octanol–water partition coefficient (Wildman–Crippen LogP) is 2.37. The van der Waals surface area contributed by atoms with Gasteiger partial charge in [-0.1, -0.05) is 12.1 Å². The molecule has 1 fully saturated rings. The molecule has 1 aromatic carbocycles. The lowest BCUT2D eigenvalue weighted by Gasteiger charge is -2.06. The number of benzene rings is 1. The molecule has 2 N–H and O–H groups in total. The summed E-state index contributed by atoms with van der Waals surface area (Å²) in [5.41, 5.74) is 6.82. The van der Waals surface area contributed by atoms with Crippen molar-refractivity contribution < 1.29 is 4.74 Å². The molecule has 1 aromatic rings. The van der Waals surface area contributed by atoms with Crippen molar-refractivity contribution >= 4 is 0 Å². The number of aryl methyl sites for hydroxylation is 1. The zero-order valence-electron chi connectivity index (χ0n) is 9.11. The molecule has 0 aliphatic heterocycles. The zero-order valence-corrected chi connectivity index (χ0v) is 9.11. The highest BCUT2D eigenvalue weighted by Gasteiger charge is 2.21. The van der Waals surface area contributed by atoms with Crippen LogP contribution < -0.4 is 10.5 Å². The van der Waals surface area contributed by atoms with Crippen LogP contribution in [0.2, 0.25) is 0 Å². The Morgan fingerprint density at radius 1 is 1.20 bits per heavy atom. The van der Waals surface area contributed by atoms with E-state index in [1.165, 1.54) is 18.4 Å². The number of rotatable bonds is 6. The molecule has 0 bridgehead atoms. The molecule has 1 aliphatic rings. The Bertz CT molecular complexity index is 290. The summed E-state index contributed by atoms with van der Waals surface area (Å²) < 4.78 is 5.66. The molecule has 2 nitrogen and oxygen atoms in total. The van der Waals surface area contributed by atoms with Crippen molar-refractivity contribution in [2.24, 2.45) is 11.7 Å². The molecule has 15 heavy (non-hydrogen) atoms. The summed E-state index contributed by atoms with van der Waals surface area (Å²) in [6, 6.07) is 8.40. The maximum atomic E-state index is 5.66. The minimum absolute atomic E-state index is 0.764. The number of hydrogen-bond donors (Lipinski definition) is 1. The van der Waals surface area contributed by atoms with Crippen LogP contribution in [0.1, 0.15) is 24.8 Å². The summed E-state index contributed by atoms with van der Waals surface area (Å²) in [7, 11) is 0. The Hall–Kier alpha value is -1.02. The summed E-state index contributed by atoms with van der Waals surface area (Å²) in [6.07, 6.45) is 4.81. The maximum Gasteiger partial charge on any atom is 0.119 e. The lowest BCUT2D eigenvalue weighted by Crippen LogP contribution is -2.01. The predicted molar refractivity (Wildman–Crippen MR) is 62.0 cm³/mol. The zero-order chi connectivity index (χ0) is 10.5. The number of ether oxygens (including phenoxy) is 1. The molecule has 0 spiro atoms. The fourth-order valence-corrected chi connectivity index (χ4v) is 1.56. The molecule has 0 atom stereocenters. The first-order chi connectivity index (χ1) is 7.38. The minimum Gasteiger partial charge on any atom is -0.493 e. The van der Waals surface area contributed by atoms with Gasteiger partial charge in [0.1, 0.15) is 5.75 Å². The van der Waals surface area contributed by atoms with E-state index in [-0.39, 0.29) is 0 Å². The Balaban J connectivity index is 1.79. The molecule has 2 heteroatoms. The monoisotopic (exact) mass is 205 g/mol. The van der Waals surface area contributed by atoms with Crippen LogP contribution in [-0.2, 0) is 6.42 Å². The molecule has 0 heterocycles. The molecule has 0 aromatic heterocycles. The van der Waals surface area contributed by atoms with Gasteiger partial charge in [-0.05, 0) is 55.8 Å². The first-order valence-corrected chi connectivity index (χ1v) is 5.80. The van der Waals surface area contributed by atoms with Crippen molar-refractivity contribution in [1.82, 2.24) is 0 Å². The van der Waals surface area contributed by atoms with Gasteiger partial charge in [0.05, 0.1) is 6.61 Å². The maximum absolute atomic E-state index is 5.66. The van der Waals surface area contributed by atoms with Crippen LogP contribution in [0.4, 0.5) is 0 Å². The van der Waals surface area contributed by atoms with Crippen LogP contribution in [-0.4, -0.2) is 13.2 Å². The summed E-state index contributed by atoms with van der Waals surface area (Å²) >= 11 is 0. The summed E-state index contributed by atoms with van der Waals surface area (Å²) in [4.78, 5) is 0. The van der Waals surface area contributed by atoms with Crippen molar-refractivity contribution in [2.75, 3.05) is 13.2 Å². The largest absolute Gasteiger partial charge is 0.493 e. The van der Waals surface area contributed by atoms with Crippen molar-refractivity contribution in [1.29, 1.82) is 0 Å². The van der Waals surface area contributed by atoms with E-state index in [0.717, 1.165) is 37.7 Å². The lowest BCUT2D eigenvalue weighted by atomic mass is 10.1. The van der Waals surface area contributed by atoms with Crippen LogP contribution in [0.3, 0.4) is 0 Å². The quantitative estimate of drug-likeness (QED) is 0.773. The summed E-state index contributed by atoms with van der Waals surface area (Å²) in [6.45, 7) is 1.65. The molecule has 0 unspecified atom stereocenters. The van der Waals surface area contributed by atoms with Crippen molar-refractivity contribution in [3.63, 3.8) is 0 Å². The summed E-state index contributed by atoms with van der Waals surface area (Å²) in [5, 5.41) is 0. The third kappa shape index (κ3) is 3.56. The lowest BCUT2D eigenvalue weighted by molar-refractivity contribution is 0.299. The smallest absolute Gasteiger partial charge is 0.119 e. The third-order valence-electron chi connectivity index (χ3n) is 2.78. The third-order valence-corrected chi connectivity index (χ3v) is 2.78. The van der Waals surface area contributed by atoms with Gasteiger partial charge in [0, 0.05) is 0 Å². The molecule has 0 amide bonds. The molecular formula is C13H19NO. The van der Waals surface area contributed by atoms with Crippen molar-refractivity contribution in [3.05, 3.63) is 29.8 Å². The van der Waals surface area contributed by atoms with Gasteiger partial charge in [0.25, 0.3) is 0 Å². The van der Waals surface area contributed by atoms with E-state index < -0.39 is 0 Å². The highest BCUT2D eigenvalue weighted by atomic mass is 16.5. The van der Waals surface area contributed by atoms with Gasteiger partial charge in [-0.3, -0.25) is 0 Å². The molecule has 0 saturated heterocycles. The average molecular weight is 205 g/mol. The number of hydrogen-bond acceptors (Lipinski definition) is 2. The van der Waals surface area contributed by atoms with Gasteiger partial charge in [0.15, 0.2) is 0 Å². The van der Waals surface area contributed by atoms with Crippen LogP contribution in [0.15, 0.2) is 24.3 Å². The van der Waals surface area contributed by atoms with E-state index in [4.69, 9.17) is 10.5 Å². The van der Waals surface area contributed by atoms with Gasteiger partial charge in [-0.25, -0.2) is 0 Å². The van der Waals surface area contributed by atoms with E-state index in [1.807, 2.05) is 0 Å². The van der Waals surface area contributed by atoms with E-state index >= 15 is 0 Å². The Labute approximate surface area is 91.4 Å². The normalized spacial score (nSPS) is 15.3. The molecular weight excluding hydrogens is 186 g/mol. The molecule has 1 saturated carbocycles. The van der Waals surface area contributed by atoms with Crippen molar-refractivity contribution in [3.8, 4) is 5.75 Å². The molecule has 0 radical (unpaired) electrons. The van der Waals surface area contributed by atoms with Gasteiger partial charge < -0.3 is 10.5 Å². The van der Waals surface area contributed by atoms with Gasteiger partial charge in [-0.15, -0.1) is 0 Å². The minimum atomic E-state index is 0.764. The van der Waals surface area contributed by atoms with E-state index in [2.05, 4.69) is 24.3 Å². The SMILES string of the molecule is NCCCc1ccc(OCC2CC2)cc1. The van der Waals surface area contributed by atoms with Crippen LogP contribution >= 0.6 is 0 Å². The molecule has 2 rings (SSSR count). The Morgan fingerprint density at radius 2 is 1.93 bits per heavy atom. The fourth-order valence-electron chi connectivity index (χ4n) is 1.56. The second-order valence-electron chi connectivity index (χ2n) is 4.29. The topological polar surface area (TPSA) is 35.2 Å². The van der Waals surface area contributed by atoms with E-state index in [9.17, 15) is 0 Å². The first kappa shape index (κ1) is 10.5. The second kappa shape index (κ2) is 5.17. The highest BCUT2D eigenvalue weighted by Crippen LogP contribution is 2.29. The Morgan fingerprint density at radius 3 is 2.53 bits per heavy atom. The van der Waals surface area contributed by atoms with Gasteiger partial charge >= 0.3 is 0 Å². The van der Waals surface area contributed by atoms with E-state index in [0.29, 0.717) is 0 Å². The standard InChI is InChI=1S/C13H19NO/c14-9-1-2-11-5-7-13(8-6-11)15-10-12-3-4-12/h5-8,12H,1-4,9-10,14H2.